The minimum absolute atomic E-state index is 0.250. The van der Waals surface area contributed by atoms with Crippen molar-refractivity contribution in [3.8, 4) is 0 Å². The van der Waals surface area contributed by atoms with E-state index in [4.69, 9.17) is 0 Å². The second kappa shape index (κ2) is 7.99. The SMILES string of the molecule is Cc1ccc(C2c3[nH]c4ccccc4c3CCN2C(=O)Nc2ccccc2C(F)(F)F)cc1. The molecule has 4 aromatic rings. The third kappa shape index (κ3) is 3.84. The summed E-state index contributed by atoms with van der Waals surface area (Å²) >= 11 is 0. The van der Waals surface area contributed by atoms with Crippen molar-refractivity contribution >= 4 is 22.6 Å². The Bertz CT molecular complexity index is 1320. The lowest BCUT2D eigenvalue weighted by Gasteiger charge is -2.36. The molecule has 1 aliphatic rings. The van der Waals surface area contributed by atoms with Crippen LogP contribution in [-0.2, 0) is 12.6 Å². The van der Waals surface area contributed by atoms with Crippen LogP contribution in [-0.4, -0.2) is 22.5 Å². The molecular weight excluding hydrogens is 427 g/mol. The van der Waals surface area contributed by atoms with Crippen molar-refractivity contribution in [3.63, 3.8) is 0 Å². The number of hydrogen-bond acceptors (Lipinski definition) is 1. The molecule has 5 rings (SSSR count). The van der Waals surface area contributed by atoms with Gasteiger partial charge in [-0.2, -0.15) is 13.2 Å². The predicted octanol–water partition coefficient (Wildman–Crippen LogP) is 6.67. The number of anilines is 1. The first-order chi connectivity index (χ1) is 15.8. The summed E-state index contributed by atoms with van der Waals surface area (Å²) < 4.78 is 40.4. The lowest BCUT2D eigenvalue weighted by molar-refractivity contribution is -0.136. The Kier molecular flexibility index (Phi) is 5.12. The Labute approximate surface area is 189 Å². The van der Waals surface area contributed by atoms with Crippen LogP contribution >= 0.6 is 0 Å². The Morgan fingerprint density at radius 2 is 1.70 bits per heavy atom. The molecule has 1 aliphatic heterocycles. The topological polar surface area (TPSA) is 48.1 Å². The highest BCUT2D eigenvalue weighted by Crippen LogP contribution is 2.40. The molecule has 2 heterocycles. The molecule has 1 atom stereocenters. The minimum atomic E-state index is -4.56. The van der Waals surface area contributed by atoms with E-state index in [0.29, 0.717) is 13.0 Å². The van der Waals surface area contributed by atoms with Crippen LogP contribution in [0.15, 0.2) is 72.8 Å². The lowest BCUT2D eigenvalue weighted by Crippen LogP contribution is -2.43. The number of amides is 2. The number of rotatable bonds is 2. The van der Waals surface area contributed by atoms with Crippen LogP contribution in [0.4, 0.5) is 23.7 Å². The van der Waals surface area contributed by atoms with Crippen LogP contribution in [0.25, 0.3) is 10.9 Å². The first-order valence-electron chi connectivity index (χ1n) is 10.7. The van der Waals surface area contributed by atoms with Gasteiger partial charge in [-0.25, -0.2) is 4.79 Å². The predicted molar refractivity (Wildman–Crippen MR) is 122 cm³/mol. The van der Waals surface area contributed by atoms with E-state index in [2.05, 4.69) is 10.3 Å². The first kappa shape index (κ1) is 21.1. The number of H-pyrrole nitrogens is 1. The minimum Gasteiger partial charge on any atom is -0.356 e. The van der Waals surface area contributed by atoms with Gasteiger partial charge in [0.05, 0.1) is 17.3 Å². The molecule has 1 aromatic heterocycles. The van der Waals surface area contributed by atoms with Gasteiger partial charge in [0.2, 0.25) is 0 Å². The van der Waals surface area contributed by atoms with Crippen LogP contribution < -0.4 is 5.32 Å². The molecule has 4 nitrogen and oxygen atoms in total. The van der Waals surface area contributed by atoms with Gasteiger partial charge in [0.25, 0.3) is 0 Å². The van der Waals surface area contributed by atoms with Crippen molar-refractivity contribution < 1.29 is 18.0 Å². The molecule has 0 saturated carbocycles. The molecule has 0 spiro atoms. The van der Waals surface area contributed by atoms with Crippen molar-refractivity contribution in [2.75, 3.05) is 11.9 Å². The average Bonchev–Trinajstić information content (AvgIpc) is 3.17. The average molecular weight is 449 g/mol. The highest BCUT2D eigenvalue weighted by Gasteiger charge is 2.37. The zero-order chi connectivity index (χ0) is 23.2. The summed E-state index contributed by atoms with van der Waals surface area (Å²) in [6, 6.07) is 19.9. The van der Waals surface area contributed by atoms with Gasteiger partial charge in [-0.3, -0.25) is 0 Å². The quantitative estimate of drug-likeness (QED) is 0.353. The number of carbonyl (C=O) groups excluding carboxylic acids is 1. The summed E-state index contributed by atoms with van der Waals surface area (Å²) in [6.07, 6.45) is -3.96. The number of nitrogens with zero attached hydrogens (tertiary/aromatic N) is 1. The van der Waals surface area contributed by atoms with Crippen LogP contribution in [0.5, 0.6) is 0 Å². The highest BCUT2D eigenvalue weighted by molar-refractivity contribution is 5.92. The molecule has 1 unspecified atom stereocenters. The van der Waals surface area contributed by atoms with Gasteiger partial charge >= 0.3 is 12.2 Å². The Morgan fingerprint density at radius 3 is 2.45 bits per heavy atom. The highest BCUT2D eigenvalue weighted by atomic mass is 19.4. The fourth-order valence-electron chi connectivity index (χ4n) is 4.58. The Balaban J connectivity index is 1.57. The summed E-state index contributed by atoms with van der Waals surface area (Å²) in [4.78, 5) is 18.4. The second-order valence-electron chi connectivity index (χ2n) is 8.29. The number of benzene rings is 3. The van der Waals surface area contributed by atoms with E-state index in [9.17, 15) is 18.0 Å². The number of alkyl halides is 3. The third-order valence-electron chi connectivity index (χ3n) is 6.16. The number of urea groups is 1. The summed E-state index contributed by atoms with van der Waals surface area (Å²) in [5, 5.41) is 3.62. The number of para-hydroxylation sites is 2. The van der Waals surface area contributed by atoms with Gasteiger partial charge in [0.1, 0.15) is 0 Å². The van der Waals surface area contributed by atoms with E-state index in [0.717, 1.165) is 39.4 Å². The largest absolute Gasteiger partial charge is 0.418 e. The fraction of sp³-hybridized carbons (Fsp3) is 0.192. The van der Waals surface area contributed by atoms with Crippen LogP contribution in [0.3, 0.4) is 0 Å². The summed E-state index contributed by atoms with van der Waals surface area (Å²) in [7, 11) is 0. The van der Waals surface area contributed by atoms with Crippen LogP contribution in [0, 0.1) is 6.92 Å². The number of hydrogen-bond donors (Lipinski definition) is 2. The number of aromatic nitrogens is 1. The molecule has 168 valence electrons. The first-order valence-corrected chi connectivity index (χ1v) is 10.7. The number of carbonyl (C=O) groups is 1. The molecule has 0 bridgehead atoms. The summed E-state index contributed by atoms with van der Waals surface area (Å²) in [6.45, 7) is 2.37. The number of aromatic amines is 1. The van der Waals surface area contributed by atoms with Crippen molar-refractivity contribution in [3.05, 3.63) is 101 Å². The maximum absolute atomic E-state index is 13.5. The van der Waals surface area contributed by atoms with Gasteiger partial charge in [0, 0.05) is 23.1 Å². The van der Waals surface area contributed by atoms with E-state index in [1.54, 1.807) is 4.90 Å². The Hall–Kier alpha value is -3.74. The van der Waals surface area contributed by atoms with Crippen molar-refractivity contribution in [2.24, 2.45) is 0 Å². The molecule has 2 amide bonds. The van der Waals surface area contributed by atoms with Gasteiger partial charge in [-0.05, 0) is 42.7 Å². The normalized spacial score (nSPS) is 16.0. The second-order valence-corrected chi connectivity index (χ2v) is 8.29. The molecule has 7 heteroatoms. The lowest BCUT2D eigenvalue weighted by atomic mass is 9.92. The van der Waals surface area contributed by atoms with Gasteiger partial charge in [0.15, 0.2) is 0 Å². The number of aryl methyl sites for hydroxylation is 1. The van der Waals surface area contributed by atoms with E-state index in [-0.39, 0.29) is 5.69 Å². The molecular formula is C26H22F3N3O. The maximum Gasteiger partial charge on any atom is 0.418 e. The standard InChI is InChI=1S/C26H22F3N3O/c1-16-10-12-17(13-11-16)24-23-19(18-6-2-4-8-21(18)30-23)14-15-32(24)25(33)31-22-9-5-3-7-20(22)26(27,28)29/h2-13,24,30H,14-15H2,1H3,(H,31,33). The third-order valence-corrected chi connectivity index (χ3v) is 6.16. The zero-order valence-corrected chi connectivity index (χ0v) is 17.9. The van der Waals surface area contributed by atoms with E-state index < -0.39 is 23.8 Å². The van der Waals surface area contributed by atoms with Gasteiger partial charge < -0.3 is 15.2 Å². The van der Waals surface area contributed by atoms with Gasteiger partial charge in [-0.15, -0.1) is 0 Å². The van der Waals surface area contributed by atoms with E-state index >= 15 is 0 Å². The number of nitrogens with one attached hydrogen (secondary N) is 2. The van der Waals surface area contributed by atoms with Crippen LogP contribution in [0.2, 0.25) is 0 Å². The molecule has 33 heavy (non-hydrogen) atoms. The molecule has 0 saturated heterocycles. The van der Waals surface area contributed by atoms with Gasteiger partial charge in [-0.1, -0.05) is 60.2 Å². The molecule has 2 N–H and O–H groups in total. The summed E-state index contributed by atoms with van der Waals surface area (Å²) in [5.41, 5.74) is 3.87. The number of halogens is 3. The van der Waals surface area contributed by atoms with Crippen LogP contribution in [0.1, 0.15) is 34.0 Å². The van der Waals surface area contributed by atoms with E-state index in [1.807, 2.05) is 55.5 Å². The smallest absolute Gasteiger partial charge is 0.356 e. The van der Waals surface area contributed by atoms with Crippen molar-refractivity contribution in [1.82, 2.24) is 9.88 Å². The summed E-state index contributed by atoms with van der Waals surface area (Å²) in [5.74, 6) is 0. The molecule has 0 radical (unpaired) electrons. The monoisotopic (exact) mass is 449 g/mol. The van der Waals surface area contributed by atoms with E-state index in [1.165, 1.54) is 18.2 Å². The maximum atomic E-state index is 13.5. The fourth-order valence-corrected chi connectivity index (χ4v) is 4.58. The van der Waals surface area contributed by atoms with Crippen molar-refractivity contribution in [2.45, 2.75) is 25.6 Å². The number of fused-ring (bicyclic) bond motifs is 3. The Morgan fingerprint density at radius 1 is 1.00 bits per heavy atom. The molecule has 0 aliphatic carbocycles. The zero-order valence-electron chi connectivity index (χ0n) is 17.9. The molecule has 0 fully saturated rings. The van der Waals surface area contributed by atoms with Crippen molar-refractivity contribution in [1.29, 1.82) is 0 Å². The molecule has 3 aromatic carbocycles.